The summed E-state index contributed by atoms with van der Waals surface area (Å²) < 4.78 is 30.2. The lowest BCUT2D eigenvalue weighted by atomic mass is 10.1. The molecule has 0 N–H and O–H groups in total. The molecule has 0 aliphatic rings. The monoisotopic (exact) mass is 383 g/mol. The van der Waals surface area contributed by atoms with Gasteiger partial charge in [0.05, 0.1) is 11.4 Å². The van der Waals surface area contributed by atoms with E-state index in [-0.39, 0.29) is 0 Å². The van der Waals surface area contributed by atoms with Gasteiger partial charge in [-0.05, 0) is 31.4 Å². The molecule has 3 aromatic rings. The van der Waals surface area contributed by atoms with Gasteiger partial charge in [0.25, 0.3) is 0 Å². The Morgan fingerprint density at radius 1 is 0.926 bits per heavy atom. The molecule has 0 spiro atoms. The lowest BCUT2D eigenvalue weighted by Crippen LogP contribution is -2.33. The van der Waals surface area contributed by atoms with Crippen LogP contribution in [0.2, 0.25) is 0 Å². The van der Waals surface area contributed by atoms with E-state index < -0.39 is 10.0 Å². The first-order chi connectivity index (χ1) is 12.9. The number of hydrogen-bond donors (Lipinski definition) is 0. The first-order valence-electron chi connectivity index (χ1n) is 8.98. The van der Waals surface area contributed by atoms with Crippen molar-refractivity contribution in [3.05, 3.63) is 83.2 Å². The predicted molar refractivity (Wildman–Crippen MR) is 107 cm³/mol. The van der Waals surface area contributed by atoms with Crippen LogP contribution in [-0.4, -0.2) is 29.0 Å². The molecule has 3 rings (SSSR count). The van der Waals surface area contributed by atoms with Crippen molar-refractivity contribution in [2.45, 2.75) is 31.7 Å². The van der Waals surface area contributed by atoms with Crippen molar-refractivity contribution in [3.63, 3.8) is 0 Å². The molecular formula is C21H25N3O2S. The van der Waals surface area contributed by atoms with Crippen molar-refractivity contribution in [2.75, 3.05) is 6.54 Å². The lowest BCUT2D eigenvalue weighted by Gasteiger charge is -2.23. The third-order valence-electron chi connectivity index (χ3n) is 4.73. The van der Waals surface area contributed by atoms with Crippen LogP contribution in [0, 0.1) is 13.8 Å². The second kappa shape index (κ2) is 8.06. The van der Waals surface area contributed by atoms with Crippen molar-refractivity contribution in [3.8, 4) is 0 Å². The zero-order valence-corrected chi connectivity index (χ0v) is 16.8. The first kappa shape index (κ1) is 19.3. The maximum absolute atomic E-state index is 13.5. The molecule has 27 heavy (non-hydrogen) atoms. The van der Waals surface area contributed by atoms with Crippen molar-refractivity contribution >= 4 is 10.0 Å². The quantitative estimate of drug-likeness (QED) is 0.628. The second-order valence-electron chi connectivity index (χ2n) is 6.68. The van der Waals surface area contributed by atoms with Gasteiger partial charge in [-0.3, -0.25) is 4.68 Å². The number of hydrogen-bond acceptors (Lipinski definition) is 3. The third kappa shape index (κ3) is 4.28. The number of aryl methyl sites for hydroxylation is 2. The van der Waals surface area contributed by atoms with Gasteiger partial charge >= 0.3 is 0 Å². The van der Waals surface area contributed by atoms with Gasteiger partial charge in [0.2, 0.25) is 10.0 Å². The van der Waals surface area contributed by atoms with E-state index in [1.54, 1.807) is 29.9 Å². The topological polar surface area (TPSA) is 55.2 Å². The SMILES string of the molecule is Cc1nn(C)c(C)c1S(=O)(=O)N(CCc1ccccc1)Cc1ccccc1. The summed E-state index contributed by atoms with van der Waals surface area (Å²) in [6.45, 7) is 4.29. The van der Waals surface area contributed by atoms with Gasteiger partial charge in [-0.15, -0.1) is 0 Å². The molecule has 0 aliphatic heterocycles. The molecule has 0 saturated carbocycles. The summed E-state index contributed by atoms with van der Waals surface area (Å²) in [4.78, 5) is 0.314. The van der Waals surface area contributed by atoms with Crippen LogP contribution in [0.3, 0.4) is 0 Å². The summed E-state index contributed by atoms with van der Waals surface area (Å²) in [6.07, 6.45) is 0.658. The number of benzene rings is 2. The van der Waals surface area contributed by atoms with Gasteiger partial charge in [0, 0.05) is 20.1 Å². The van der Waals surface area contributed by atoms with E-state index >= 15 is 0 Å². The third-order valence-corrected chi connectivity index (χ3v) is 6.83. The molecule has 0 radical (unpaired) electrons. The van der Waals surface area contributed by atoms with E-state index in [0.717, 1.165) is 11.1 Å². The van der Waals surface area contributed by atoms with Crippen LogP contribution < -0.4 is 0 Å². The summed E-state index contributed by atoms with van der Waals surface area (Å²) >= 11 is 0. The van der Waals surface area contributed by atoms with E-state index in [4.69, 9.17) is 0 Å². The molecule has 0 fully saturated rings. The maximum Gasteiger partial charge on any atom is 0.247 e. The summed E-state index contributed by atoms with van der Waals surface area (Å²) in [5.74, 6) is 0. The van der Waals surface area contributed by atoms with Crippen LogP contribution >= 0.6 is 0 Å². The predicted octanol–water partition coefficient (Wildman–Crippen LogP) is 3.47. The van der Waals surface area contributed by atoms with E-state index in [1.807, 2.05) is 60.7 Å². The van der Waals surface area contributed by atoms with Gasteiger partial charge in [-0.1, -0.05) is 60.7 Å². The standard InChI is InChI=1S/C21H25N3O2S/c1-17-21(18(2)23(3)22-17)27(25,26)24(16-20-12-8-5-9-13-20)15-14-19-10-6-4-7-11-19/h4-13H,14-16H2,1-3H3. The molecular weight excluding hydrogens is 358 g/mol. The zero-order chi connectivity index (χ0) is 19.4. The van der Waals surface area contributed by atoms with Gasteiger partial charge in [-0.25, -0.2) is 8.42 Å². The summed E-state index contributed by atoms with van der Waals surface area (Å²) in [6, 6.07) is 19.6. The smallest absolute Gasteiger partial charge is 0.247 e. The molecule has 0 amide bonds. The van der Waals surface area contributed by atoms with Crippen molar-refractivity contribution in [2.24, 2.45) is 7.05 Å². The van der Waals surface area contributed by atoms with Crippen LogP contribution in [-0.2, 0) is 30.0 Å². The van der Waals surface area contributed by atoms with Gasteiger partial charge < -0.3 is 0 Å². The molecule has 0 saturated heterocycles. The Morgan fingerprint density at radius 3 is 2.00 bits per heavy atom. The minimum atomic E-state index is -3.66. The highest BCUT2D eigenvalue weighted by Gasteiger charge is 2.30. The molecule has 1 aromatic heterocycles. The van der Waals surface area contributed by atoms with Crippen LogP contribution in [0.5, 0.6) is 0 Å². The van der Waals surface area contributed by atoms with Crippen LogP contribution in [0.15, 0.2) is 65.6 Å². The fraction of sp³-hybridized carbons (Fsp3) is 0.286. The molecule has 142 valence electrons. The van der Waals surface area contributed by atoms with Gasteiger partial charge in [0.15, 0.2) is 0 Å². The Balaban J connectivity index is 1.94. The average molecular weight is 384 g/mol. The number of rotatable bonds is 7. The van der Waals surface area contributed by atoms with Crippen molar-refractivity contribution < 1.29 is 8.42 Å². The van der Waals surface area contributed by atoms with Crippen molar-refractivity contribution in [1.29, 1.82) is 0 Å². The van der Waals surface area contributed by atoms with E-state index in [0.29, 0.717) is 35.8 Å². The molecule has 5 nitrogen and oxygen atoms in total. The van der Waals surface area contributed by atoms with E-state index in [9.17, 15) is 8.42 Å². The summed E-state index contributed by atoms with van der Waals surface area (Å²) in [5, 5.41) is 4.30. The largest absolute Gasteiger partial charge is 0.271 e. The Morgan fingerprint density at radius 2 is 1.48 bits per heavy atom. The lowest BCUT2D eigenvalue weighted by molar-refractivity contribution is 0.409. The highest BCUT2D eigenvalue weighted by Crippen LogP contribution is 2.25. The zero-order valence-electron chi connectivity index (χ0n) is 16.0. The number of nitrogens with zero attached hydrogens (tertiary/aromatic N) is 3. The Hall–Kier alpha value is -2.44. The van der Waals surface area contributed by atoms with Crippen LogP contribution in [0.25, 0.3) is 0 Å². The van der Waals surface area contributed by atoms with Crippen molar-refractivity contribution in [1.82, 2.24) is 14.1 Å². The van der Waals surface area contributed by atoms with E-state index in [2.05, 4.69) is 5.10 Å². The highest BCUT2D eigenvalue weighted by atomic mass is 32.2. The van der Waals surface area contributed by atoms with Crippen LogP contribution in [0.4, 0.5) is 0 Å². The highest BCUT2D eigenvalue weighted by molar-refractivity contribution is 7.89. The molecule has 0 bridgehead atoms. The first-order valence-corrected chi connectivity index (χ1v) is 10.4. The van der Waals surface area contributed by atoms with Gasteiger partial charge in [0.1, 0.15) is 4.90 Å². The Kier molecular flexibility index (Phi) is 5.77. The normalized spacial score (nSPS) is 11.9. The molecule has 6 heteroatoms. The maximum atomic E-state index is 13.5. The fourth-order valence-electron chi connectivity index (χ4n) is 3.23. The number of aromatic nitrogens is 2. The number of sulfonamides is 1. The molecule has 2 aromatic carbocycles. The molecule has 1 heterocycles. The summed E-state index contributed by atoms with van der Waals surface area (Å²) in [5.41, 5.74) is 3.27. The Bertz CT molecular complexity index is 997. The molecule has 0 aliphatic carbocycles. The Labute approximate surface area is 161 Å². The van der Waals surface area contributed by atoms with E-state index in [1.165, 1.54) is 0 Å². The fourth-order valence-corrected chi connectivity index (χ4v) is 5.05. The summed E-state index contributed by atoms with van der Waals surface area (Å²) in [7, 11) is -1.89. The minimum absolute atomic E-state index is 0.314. The average Bonchev–Trinajstić information content (AvgIpc) is 2.92. The van der Waals surface area contributed by atoms with Gasteiger partial charge in [-0.2, -0.15) is 9.40 Å². The molecule has 0 atom stereocenters. The second-order valence-corrected chi connectivity index (χ2v) is 8.56. The molecule has 0 unspecified atom stereocenters. The minimum Gasteiger partial charge on any atom is -0.271 e. The van der Waals surface area contributed by atoms with Crippen LogP contribution in [0.1, 0.15) is 22.5 Å².